The lowest BCUT2D eigenvalue weighted by atomic mass is 9.90. The number of ether oxygens (including phenoxy) is 5. The van der Waals surface area contributed by atoms with Crippen LogP contribution in [0.1, 0.15) is 64.2 Å². The van der Waals surface area contributed by atoms with Gasteiger partial charge in [-0.25, -0.2) is 0 Å². The molecule has 0 spiro atoms. The van der Waals surface area contributed by atoms with Crippen LogP contribution in [0, 0.1) is 17.8 Å². The quantitative estimate of drug-likeness (QED) is 0.457. The topological polar surface area (TPSA) is 83.5 Å². The number of rotatable bonds is 11. The second-order valence-electron chi connectivity index (χ2n) is 11.2. The summed E-state index contributed by atoms with van der Waals surface area (Å²) >= 11 is 0. The zero-order valence-electron chi connectivity index (χ0n) is 20.6. The second kappa shape index (κ2) is 11.1. The van der Waals surface area contributed by atoms with E-state index in [2.05, 4.69) is 6.58 Å². The van der Waals surface area contributed by atoms with Crippen LogP contribution in [0.4, 0.5) is 0 Å². The number of hydrogen-bond acceptors (Lipinski definition) is 7. The van der Waals surface area contributed by atoms with E-state index in [-0.39, 0.29) is 48.3 Å². The lowest BCUT2D eigenvalue weighted by Crippen LogP contribution is -2.52. The number of carbonyl (C=O) groups is 1. The summed E-state index contributed by atoms with van der Waals surface area (Å²) in [5.41, 5.74) is 1.19. The summed E-state index contributed by atoms with van der Waals surface area (Å²) in [6, 6.07) is 0. The highest BCUT2D eigenvalue weighted by atomic mass is 16.6. The molecule has 5 aliphatic rings. The SMILES string of the molecule is C=C1COC(CCC(CCC2C3OC4CCC(CC(=O)CC5CCOC5)OC4C(O)C23)OC)C1. The molecule has 5 fully saturated rings. The maximum absolute atomic E-state index is 12.5. The highest BCUT2D eigenvalue weighted by molar-refractivity contribution is 5.79. The molecule has 0 aromatic rings. The number of carbonyl (C=O) groups excluding carboxylic acids is 1. The van der Waals surface area contributed by atoms with E-state index in [0.717, 1.165) is 58.0 Å². The third kappa shape index (κ3) is 5.76. The van der Waals surface area contributed by atoms with Gasteiger partial charge in [0.05, 0.1) is 43.2 Å². The van der Waals surface area contributed by atoms with Crippen molar-refractivity contribution in [2.75, 3.05) is 26.9 Å². The number of methoxy groups -OCH3 is 1. The molecule has 34 heavy (non-hydrogen) atoms. The van der Waals surface area contributed by atoms with Gasteiger partial charge in [-0.3, -0.25) is 4.79 Å². The van der Waals surface area contributed by atoms with E-state index in [1.807, 2.05) is 0 Å². The molecule has 4 saturated heterocycles. The van der Waals surface area contributed by atoms with Gasteiger partial charge < -0.3 is 28.8 Å². The first-order valence-corrected chi connectivity index (χ1v) is 13.4. The van der Waals surface area contributed by atoms with Crippen LogP contribution in [-0.2, 0) is 28.5 Å². The van der Waals surface area contributed by atoms with Crippen LogP contribution in [0.2, 0.25) is 0 Å². The predicted molar refractivity (Wildman–Crippen MR) is 125 cm³/mol. The number of hydrogen-bond donors (Lipinski definition) is 1. The van der Waals surface area contributed by atoms with Gasteiger partial charge in [0.2, 0.25) is 0 Å². The minimum absolute atomic E-state index is 0.0540. The molecule has 1 aliphatic carbocycles. The van der Waals surface area contributed by atoms with E-state index in [1.54, 1.807) is 7.11 Å². The predicted octanol–water partition coefficient (Wildman–Crippen LogP) is 3.21. The summed E-state index contributed by atoms with van der Waals surface area (Å²) < 4.78 is 29.5. The molecule has 10 atom stereocenters. The number of ketones is 1. The van der Waals surface area contributed by atoms with Crippen molar-refractivity contribution in [3.63, 3.8) is 0 Å². The third-order valence-electron chi connectivity index (χ3n) is 8.71. The Morgan fingerprint density at radius 2 is 1.97 bits per heavy atom. The molecule has 7 nitrogen and oxygen atoms in total. The Morgan fingerprint density at radius 1 is 1.12 bits per heavy atom. The first-order valence-electron chi connectivity index (χ1n) is 13.4. The Labute approximate surface area is 203 Å². The van der Waals surface area contributed by atoms with Crippen molar-refractivity contribution in [3.05, 3.63) is 12.2 Å². The van der Waals surface area contributed by atoms with E-state index in [9.17, 15) is 9.90 Å². The van der Waals surface area contributed by atoms with Crippen LogP contribution in [0.5, 0.6) is 0 Å². The van der Waals surface area contributed by atoms with Gasteiger partial charge in [0.25, 0.3) is 0 Å². The lowest BCUT2D eigenvalue weighted by Gasteiger charge is -2.41. The van der Waals surface area contributed by atoms with Crippen LogP contribution in [0.15, 0.2) is 12.2 Å². The summed E-state index contributed by atoms with van der Waals surface area (Å²) in [6.45, 7) is 6.18. The fourth-order valence-electron chi connectivity index (χ4n) is 6.67. The Hall–Kier alpha value is -0.830. The van der Waals surface area contributed by atoms with Gasteiger partial charge in [0.15, 0.2) is 0 Å². The van der Waals surface area contributed by atoms with Gasteiger partial charge in [0.1, 0.15) is 11.9 Å². The summed E-state index contributed by atoms with van der Waals surface area (Å²) in [5, 5.41) is 11.1. The summed E-state index contributed by atoms with van der Waals surface area (Å²) in [4.78, 5) is 12.5. The van der Waals surface area contributed by atoms with Crippen LogP contribution in [-0.4, -0.2) is 80.5 Å². The van der Waals surface area contributed by atoms with E-state index >= 15 is 0 Å². The fourth-order valence-corrected chi connectivity index (χ4v) is 6.67. The lowest BCUT2D eigenvalue weighted by molar-refractivity contribution is -0.209. The van der Waals surface area contributed by atoms with Gasteiger partial charge in [-0.05, 0) is 68.8 Å². The maximum atomic E-state index is 12.5. The average Bonchev–Trinajstić information content (AvgIpc) is 3.12. The molecule has 0 aromatic heterocycles. The van der Waals surface area contributed by atoms with Crippen LogP contribution < -0.4 is 0 Å². The Kier molecular flexibility index (Phi) is 8.08. The standard InChI is InChI=1S/C27H42O7/c1-16-11-20(32-14-16)4-3-19(30-2)5-7-22-24-25(29)27-23(34-26(22)24)8-6-21(33-27)13-18(28)12-17-9-10-31-15-17/h17,19-27,29H,1,3-15H2,2H3. The summed E-state index contributed by atoms with van der Waals surface area (Å²) in [6.07, 6.45) is 8.26. The first kappa shape index (κ1) is 24.8. The molecular formula is C27H42O7. The minimum Gasteiger partial charge on any atom is -0.390 e. The van der Waals surface area contributed by atoms with Gasteiger partial charge in [0, 0.05) is 39.1 Å². The van der Waals surface area contributed by atoms with Crippen molar-refractivity contribution in [1.82, 2.24) is 0 Å². The molecule has 192 valence electrons. The van der Waals surface area contributed by atoms with Crippen molar-refractivity contribution in [3.8, 4) is 0 Å². The van der Waals surface area contributed by atoms with Crippen molar-refractivity contribution < 1.29 is 33.6 Å². The smallest absolute Gasteiger partial charge is 0.135 e. The zero-order chi connectivity index (χ0) is 23.7. The van der Waals surface area contributed by atoms with Crippen molar-refractivity contribution >= 4 is 5.78 Å². The van der Waals surface area contributed by atoms with Crippen molar-refractivity contribution in [2.24, 2.45) is 17.8 Å². The van der Waals surface area contributed by atoms with Gasteiger partial charge in [-0.2, -0.15) is 0 Å². The number of Topliss-reactive ketones (excluding diaryl/α,β-unsaturated/α-hetero) is 1. The zero-order valence-corrected chi connectivity index (χ0v) is 20.6. The fraction of sp³-hybridized carbons (Fsp3) is 0.889. The third-order valence-corrected chi connectivity index (χ3v) is 8.71. The molecule has 0 aromatic carbocycles. The molecule has 1 saturated carbocycles. The van der Waals surface area contributed by atoms with Crippen molar-refractivity contribution in [1.29, 1.82) is 0 Å². The molecule has 0 amide bonds. The van der Waals surface area contributed by atoms with Gasteiger partial charge in [-0.15, -0.1) is 0 Å². The van der Waals surface area contributed by atoms with Crippen LogP contribution in [0.3, 0.4) is 0 Å². The minimum atomic E-state index is -0.506. The number of aliphatic hydroxyl groups excluding tert-OH is 1. The number of aliphatic hydroxyl groups is 1. The highest BCUT2D eigenvalue weighted by Crippen LogP contribution is 2.54. The van der Waals surface area contributed by atoms with Crippen LogP contribution in [0.25, 0.3) is 0 Å². The van der Waals surface area contributed by atoms with Gasteiger partial charge >= 0.3 is 0 Å². The second-order valence-corrected chi connectivity index (χ2v) is 11.2. The normalized spacial score (nSPS) is 42.3. The monoisotopic (exact) mass is 478 g/mol. The molecule has 1 N–H and O–H groups in total. The molecule has 0 bridgehead atoms. The first-order chi connectivity index (χ1) is 16.5. The van der Waals surface area contributed by atoms with Gasteiger partial charge in [-0.1, -0.05) is 6.58 Å². The molecule has 10 unspecified atom stereocenters. The average molecular weight is 479 g/mol. The molecule has 0 radical (unpaired) electrons. The maximum Gasteiger partial charge on any atom is 0.135 e. The molecule has 4 heterocycles. The largest absolute Gasteiger partial charge is 0.390 e. The van der Waals surface area contributed by atoms with Crippen LogP contribution >= 0.6 is 0 Å². The molecule has 7 heteroatoms. The summed E-state index contributed by atoms with van der Waals surface area (Å²) in [5.74, 6) is 1.13. The molecule has 5 rings (SSSR count). The van der Waals surface area contributed by atoms with E-state index in [1.165, 1.54) is 5.57 Å². The summed E-state index contributed by atoms with van der Waals surface area (Å²) in [7, 11) is 1.79. The highest BCUT2D eigenvalue weighted by Gasteiger charge is 2.63. The molecule has 4 aliphatic heterocycles. The number of fused-ring (bicyclic) bond motifs is 2. The Morgan fingerprint density at radius 3 is 2.71 bits per heavy atom. The van der Waals surface area contributed by atoms with E-state index in [4.69, 9.17) is 23.7 Å². The Bertz CT molecular complexity index is 720. The Balaban J connectivity index is 1.05. The van der Waals surface area contributed by atoms with E-state index < -0.39 is 6.10 Å². The molecular weight excluding hydrogens is 436 g/mol. The van der Waals surface area contributed by atoms with E-state index in [0.29, 0.717) is 37.9 Å². The van der Waals surface area contributed by atoms with Crippen molar-refractivity contribution in [2.45, 2.75) is 107 Å².